The van der Waals surface area contributed by atoms with E-state index in [9.17, 15) is 0 Å². The van der Waals surface area contributed by atoms with Crippen LogP contribution in [0.4, 0.5) is 0 Å². The van der Waals surface area contributed by atoms with Crippen LogP contribution in [0.2, 0.25) is 0 Å². The van der Waals surface area contributed by atoms with Crippen molar-refractivity contribution >= 4 is 0 Å². The molecule has 10 heavy (non-hydrogen) atoms. The number of nitrogens with zero attached hydrogens (tertiary/aromatic N) is 1. The molecule has 0 unspecified atom stereocenters. The van der Waals surface area contributed by atoms with E-state index in [1.54, 1.807) is 0 Å². The van der Waals surface area contributed by atoms with Gasteiger partial charge < -0.3 is 26.8 Å². The quantitative estimate of drug-likeness (QED) is 0.378. The van der Waals surface area contributed by atoms with Crippen LogP contribution >= 0.6 is 0 Å². The number of nitrogens with two attached hydrogens (primary N) is 2. The van der Waals surface area contributed by atoms with E-state index in [2.05, 4.69) is 0 Å². The van der Waals surface area contributed by atoms with Gasteiger partial charge in [-0.2, -0.15) is 0 Å². The maximum absolute atomic E-state index is 8.25. The van der Waals surface area contributed by atoms with Gasteiger partial charge in [-0.05, 0) is 6.42 Å². The van der Waals surface area contributed by atoms with Crippen LogP contribution < -0.4 is 11.5 Å². The number of hydrogen-bond acceptors (Lipinski definition) is 5. The van der Waals surface area contributed by atoms with Crippen LogP contribution in [0.1, 0.15) is 13.3 Å². The molecule has 7 heteroatoms. The summed E-state index contributed by atoms with van der Waals surface area (Å²) >= 11 is 0. The van der Waals surface area contributed by atoms with Crippen molar-refractivity contribution in [3.05, 3.63) is 15.3 Å². The molecule has 0 saturated heterocycles. The molecule has 0 rings (SSSR count). The van der Waals surface area contributed by atoms with Gasteiger partial charge in [-0.3, -0.25) is 0 Å². The van der Waals surface area contributed by atoms with Crippen molar-refractivity contribution in [2.75, 3.05) is 0 Å². The van der Waals surface area contributed by atoms with Crippen LogP contribution in [-0.2, 0) is 21.1 Å². The third kappa shape index (κ3) is 111. The number of hydrogen-bond donors (Lipinski definition) is 2. The fourth-order valence-corrected chi connectivity index (χ4v) is 0. The number of rotatable bonds is 1. The largest absolute Gasteiger partial charge is 0.356 e. The molecule has 0 aliphatic heterocycles. The van der Waals surface area contributed by atoms with Crippen LogP contribution in [0.5, 0.6) is 0 Å². The zero-order chi connectivity index (χ0) is 7.86. The Hall–Kier alpha value is -0.192. The second-order valence-corrected chi connectivity index (χ2v) is 1.30. The van der Waals surface area contributed by atoms with Crippen molar-refractivity contribution in [1.29, 1.82) is 0 Å². The van der Waals surface area contributed by atoms with Crippen LogP contribution in [0, 0.1) is 15.3 Å². The molecule has 0 aromatic heterocycles. The molecule has 0 aromatic carbocycles. The van der Waals surface area contributed by atoms with E-state index in [0.29, 0.717) is 0 Å². The van der Waals surface area contributed by atoms with Gasteiger partial charge in [-0.15, -0.1) is 0 Å². The minimum Gasteiger partial charge on any atom is -0.356 e. The molecule has 0 atom stereocenters. The van der Waals surface area contributed by atoms with E-state index < -0.39 is 5.09 Å². The van der Waals surface area contributed by atoms with Gasteiger partial charge in [0.25, 0.3) is 0 Å². The molecule has 0 bridgehead atoms. The summed E-state index contributed by atoms with van der Waals surface area (Å²) in [6.07, 6.45) is 0.745. The van der Waals surface area contributed by atoms with Gasteiger partial charge in [0, 0.05) is 21.1 Å². The van der Waals surface area contributed by atoms with E-state index in [0.717, 1.165) is 6.42 Å². The SMILES string of the molecule is CCC(N)N.O=[N+]([O-])[O-].[Pt]. The molecule has 0 aliphatic rings. The van der Waals surface area contributed by atoms with Crippen molar-refractivity contribution < 1.29 is 26.2 Å². The van der Waals surface area contributed by atoms with Gasteiger partial charge >= 0.3 is 0 Å². The second kappa shape index (κ2) is 11.6. The Morgan fingerprint density at radius 2 is 1.60 bits per heavy atom. The molecule has 0 aromatic rings. The van der Waals surface area contributed by atoms with Gasteiger partial charge in [-0.1, -0.05) is 6.92 Å². The first-order chi connectivity index (χ1) is 4.00. The summed E-state index contributed by atoms with van der Waals surface area (Å²) < 4.78 is 0. The summed E-state index contributed by atoms with van der Waals surface area (Å²) in [5, 5.41) is 14.8. The molecule has 4 N–H and O–H groups in total. The maximum Gasteiger partial charge on any atom is 0.0689 e. The van der Waals surface area contributed by atoms with E-state index >= 15 is 0 Å². The molecule has 0 spiro atoms. The zero-order valence-electron chi connectivity index (χ0n) is 5.43. The van der Waals surface area contributed by atoms with E-state index in [-0.39, 0.29) is 27.2 Å². The van der Waals surface area contributed by atoms with Crippen LogP contribution in [0.25, 0.3) is 0 Å². The molecule has 0 fully saturated rings. The van der Waals surface area contributed by atoms with Gasteiger partial charge in [0.05, 0.1) is 11.3 Å². The first-order valence-electron chi connectivity index (χ1n) is 2.33. The van der Waals surface area contributed by atoms with Crippen molar-refractivity contribution in [3.63, 3.8) is 0 Å². The summed E-state index contributed by atoms with van der Waals surface area (Å²) in [4.78, 5) is 8.25. The summed E-state index contributed by atoms with van der Waals surface area (Å²) in [5.74, 6) is 0. The minimum absolute atomic E-state index is 0. The summed E-state index contributed by atoms with van der Waals surface area (Å²) in [5.41, 5.74) is 10.1. The average Bonchev–Trinajstić information content (AvgIpc) is 1.65. The third-order valence-electron chi connectivity index (χ3n) is 0.471. The Labute approximate surface area is 72.9 Å². The van der Waals surface area contributed by atoms with E-state index in [4.69, 9.17) is 26.8 Å². The Kier molecular flexibility index (Phi) is 19.0. The van der Waals surface area contributed by atoms with Crippen molar-refractivity contribution in [2.45, 2.75) is 19.5 Å². The monoisotopic (exact) mass is 331 g/mol. The fourth-order valence-electron chi connectivity index (χ4n) is 0. The molecular weight excluding hydrogens is 321 g/mol. The standard InChI is InChI=1S/C3H10N2.NO3.Pt/c1-2-3(4)5;2-1(3)4;/h3H,2,4-5H2,1H3;;/q;-1;. The Balaban J connectivity index is -0.0000000910. The van der Waals surface area contributed by atoms with E-state index in [1.807, 2.05) is 6.92 Å². The van der Waals surface area contributed by atoms with Crippen molar-refractivity contribution in [2.24, 2.45) is 11.5 Å². The summed E-state index contributed by atoms with van der Waals surface area (Å²) in [6.45, 7) is 1.95. The smallest absolute Gasteiger partial charge is 0.0689 e. The molecule has 66 valence electrons. The van der Waals surface area contributed by atoms with Crippen LogP contribution in [0.15, 0.2) is 0 Å². The fraction of sp³-hybridized carbons (Fsp3) is 1.00. The van der Waals surface area contributed by atoms with E-state index in [1.165, 1.54) is 0 Å². The van der Waals surface area contributed by atoms with Crippen LogP contribution in [0.3, 0.4) is 0 Å². The molecule has 0 amide bonds. The molecular formula is C3H10N3O3Pt-. The first-order valence-corrected chi connectivity index (χ1v) is 2.33. The Bertz CT molecular complexity index is 75.4. The zero-order valence-corrected chi connectivity index (χ0v) is 7.70. The predicted molar refractivity (Wildman–Crippen MR) is 32.8 cm³/mol. The van der Waals surface area contributed by atoms with Gasteiger partial charge in [-0.25, -0.2) is 0 Å². The summed E-state index contributed by atoms with van der Waals surface area (Å²) in [7, 11) is 0. The Morgan fingerprint density at radius 1 is 1.50 bits per heavy atom. The molecule has 0 aliphatic carbocycles. The molecule has 6 nitrogen and oxygen atoms in total. The van der Waals surface area contributed by atoms with Crippen molar-refractivity contribution in [1.82, 2.24) is 0 Å². The molecule has 0 radical (unpaired) electrons. The van der Waals surface area contributed by atoms with Gasteiger partial charge in [0.2, 0.25) is 0 Å². The molecule has 0 saturated carbocycles. The van der Waals surface area contributed by atoms with Crippen LogP contribution in [-0.4, -0.2) is 11.3 Å². The maximum atomic E-state index is 8.25. The predicted octanol–water partition coefficient (Wildman–Crippen LogP) is -0.602. The first kappa shape index (κ1) is 16.4. The summed E-state index contributed by atoms with van der Waals surface area (Å²) in [6, 6.07) is 0. The minimum atomic E-state index is -1.75. The Morgan fingerprint density at radius 3 is 1.60 bits per heavy atom. The third-order valence-corrected chi connectivity index (χ3v) is 0.471. The second-order valence-electron chi connectivity index (χ2n) is 1.30. The molecule has 0 heterocycles. The average molecular weight is 331 g/mol. The topological polar surface area (TPSA) is 118 Å². The normalized spacial score (nSPS) is 7.20. The van der Waals surface area contributed by atoms with Crippen molar-refractivity contribution in [3.8, 4) is 0 Å². The van der Waals surface area contributed by atoms with Gasteiger partial charge in [0.15, 0.2) is 0 Å². The van der Waals surface area contributed by atoms with Gasteiger partial charge in [0.1, 0.15) is 0 Å².